The highest BCUT2D eigenvalue weighted by molar-refractivity contribution is 9.10. The van der Waals surface area contributed by atoms with E-state index < -0.39 is 27.5 Å². The Labute approximate surface area is 133 Å². The first-order valence-electron chi connectivity index (χ1n) is 6.14. The van der Waals surface area contributed by atoms with Crippen LogP contribution in [0.25, 0.3) is 0 Å². The van der Waals surface area contributed by atoms with Gasteiger partial charge in [-0.2, -0.15) is 13.2 Å². The fourth-order valence-electron chi connectivity index (χ4n) is 1.94. The van der Waals surface area contributed by atoms with Gasteiger partial charge in [0, 0.05) is 10.4 Å². The molecule has 0 heterocycles. The van der Waals surface area contributed by atoms with Crippen LogP contribution in [0.5, 0.6) is 0 Å². The van der Waals surface area contributed by atoms with Gasteiger partial charge < -0.3 is 0 Å². The first-order chi connectivity index (χ1) is 9.47. The molecule has 0 aliphatic rings. The van der Waals surface area contributed by atoms with Crippen LogP contribution in [-0.4, -0.2) is 8.96 Å². The summed E-state index contributed by atoms with van der Waals surface area (Å²) in [6.45, 7) is 7.09. The second-order valence-corrected chi connectivity index (χ2v) is 7.99. The number of halogens is 4. The first kappa shape index (κ1) is 18.4. The van der Waals surface area contributed by atoms with E-state index in [1.165, 1.54) is 0 Å². The van der Waals surface area contributed by atoms with Crippen molar-refractivity contribution in [1.82, 2.24) is 0 Å². The van der Waals surface area contributed by atoms with E-state index in [4.69, 9.17) is 5.14 Å². The molecule has 0 saturated heterocycles. The van der Waals surface area contributed by atoms with Gasteiger partial charge in [0.2, 0.25) is 0 Å². The standard InChI is InChI=1S/C14H17BrF3NOS/c1-4-9(8-13(2,3)21(19)20)10-5-11(14(16,17)18)7-12(15)6-10/h4-7,9H,1,8,19H2,2-3H3/t9-,21?/m0/s1. The average Bonchev–Trinajstić information content (AvgIpc) is 2.33. The molecule has 1 aromatic rings. The Morgan fingerprint density at radius 1 is 1.38 bits per heavy atom. The Hall–Kier alpha value is -0.660. The number of hydrogen-bond acceptors (Lipinski definition) is 1. The number of benzene rings is 1. The Kier molecular flexibility index (Phi) is 5.80. The van der Waals surface area contributed by atoms with E-state index in [9.17, 15) is 17.4 Å². The second kappa shape index (κ2) is 6.62. The van der Waals surface area contributed by atoms with Crippen molar-refractivity contribution in [2.75, 3.05) is 0 Å². The zero-order valence-electron chi connectivity index (χ0n) is 11.7. The van der Waals surface area contributed by atoms with Crippen LogP contribution in [0.4, 0.5) is 13.2 Å². The Morgan fingerprint density at radius 2 is 1.95 bits per heavy atom. The first-order valence-corrected chi connectivity index (χ1v) is 8.14. The maximum Gasteiger partial charge on any atom is 0.416 e. The molecule has 2 N–H and O–H groups in total. The third kappa shape index (κ3) is 4.93. The minimum atomic E-state index is -4.42. The monoisotopic (exact) mass is 383 g/mol. The molecule has 1 rings (SSSR count). The molecule has 2 atom stereocenters. The lowest BCUT2D eigenvalue weighted by atomic mass is 9.89. The molecule has 21 heavy (non-hydrogen) atoms. The maximum atomic E-state index is 12.9. The number of rotatable bonds is 5. The molecular formula is C14H17BrF3NOS. The molecule has 0 aromatic heterocycles. The number of alkyl halides is 3. The quantitative estimate of drug-likeness (QED) is 0.745. The zero-order chi connectivity index (χ0) is 16.4. The van der Waals surface area contributed by atoms with Gasteiger partial charge in [-0.05, 0) is 44.0 Å². The fourth-order valence-corrected chi connectivity index (χ4v) is 2.79. The van der Waals surface area contributed by atoms with Gasteiger partial charge in [0.15, 0.2) is 0 Å². The Morgan fingerprint density at radius 3 is 2.38 bits per heavy atom. The highest BCUT2D eigenvalue weighted by atomic mass is 79.9. The minimum Gasteiger partial charge on any atom is -0.251 e. The van der Waals surface area contributed by atoms with Crippen molar-refractivity contribution in [1.29, 1.82) is 0 Å². The molecule has 1 unspecified atom stereocenters. The predicted molar refractivity (Wildman–Crippen MR) is 83.1 cm³/mol. The van der Waals surface area contributed by atoms with Gasteiger partial charge in [-0.3, -0.25) is 5.14 Å². The number of hydrogen-bond donors (Lipinski definition) is 1. The number of allylic oxidation sites excluding steroid dienone is 1. The van der Waals surface area contributed by atoms with Gasteiger partial charge in [0.05, 0.1) is 21.3 Å². The van der Waals surface area contributed by atoms with Crippen molar-refractivity contribution in [2.45, 2.75) is 37.1 Å². The summed E-state index contributed by atoms with van der Waals surface area (Å²) < 4.78 is 49.7. The van der Waals surface area contributed by atoms with Crippen LogP contribution in [0, 0.1) is 0 Å². The van der Waals surface area contributed by atoms with Crippen LogP contribution in [0.15, 0.2) is 35.3 Å². The molecule has 7 heteroatoms. The summed E-state index contributed by atoms with van der Waals surface area (Å²) in [6, 6.07) is 3.72. The Bertz CT molecular complexity index is 558. The summed E-state index contributed by atoms with van der Waals surface area (Å²) in [5, 5.41) is 5.43. The largest absolute Gasteiger partial charge is 0.416 e. The zero-order valence-corrected chi connectivity index (χ0v) is 14.1. The smallest absolute Gasteiger partial charge is 0.251 e. The van der Waals surface area contributed by atoms with Gasteiger partial charge in [0.25, 0.3) is 0 Å². The normalized spacial score (nSPS) is 15.6. The van der Waals surface area contributed by atoms with Gasteiger partial charge in [0.1, 0.15) is 0 Å². The molecular weight excluding hydrogens is 367 g/mol. The van der Waals surface area contributed by atoms with Crippen LogP contribution >= 0.6 is 15.9 Å². The summed E-state index contributed by atoms with van der Waals surface area (Å²) in [7, 11) is -1.58. The SMILES string of the molecule is C=C[C@@H](CC(C)(C)S(N)=O)c1cc(Br)cc(C(F)(F)F)c1. The summed E-state index contributed by atoms with van der Waals surface area (Å²) in [5.41, 5.74) is -0.268. The van der Waals surface area contributed by atoms with E-state index in [-0.39, 0.29) is 5.92 Å². The van der Waals surface area contributed by atoms with E-state index in [1.807, 2.05) is 0 Å². The van der Waals surface area contributed by atoms with Gasteiger partial charge in [-0.15, -0.1) is 6.58 Å². The molecule has 0 saturated carbocycles. The van der Waals surface area contributed by atoms with Crippen molar-refractivity contribution < 1.29 is 17.4 Å². The molecule has 2 nitrogen and oxygen atoms in total. The van der Waals surface area contributed by atoms with Crippen LogP contribution in [0.2, 0.25) is 0 Å². The van der Waals surface area contributed by atoms with Crippen LogP contribution in [0.1, 0.15) is 37.3 Å². The van der Waals surface area contributed by atoms with Crippen molar-refractivity contribution in [3.05, 3.63) is 46.5 Å². The highest BCUT2D eigenvalue weighted by Crippen LogP contribution is 2.36. The summed E-state index contributed by atoms with van der Waals surface area (Å²) in [5.74, 6) is -0.369. The van der Waals surface area contributed by atoms with E-state index in [0.717, 1.165) is 12.1 Å². The van der Waals surface area contributed by atoms with Crippen LogP contribution in [-0.2, 0) is 17.2 Å². The molecule has 0 aliphatic heterocycles. The molecule has 0 fully saturated rings. The van der Waals surface area contributed by atoms with Gasteiger partial charge in [-0.1, -0.05) is 22.0 Å². The molecule has 0 bridgehead atoms. The third-order valence-corrected chi connectivity index (χ3v) is 4.93. The summed E-state index contributed by atoms with van der Waals surface area (Å²) in [4.78, 5) is 0. The van der Waals surface area contributed by atoms with Crippen molar-refractivity contribution in [2.24, 2.45) is 5.14 Å². The number of nitrogens with two attached hydrogens (primary N) is 1. The van der Waals surface area contributed by atoms with Gasteiger partial charge >= 0.3 is 6.18 Å². The molecule has 0 spiro atoms. The summed E-state index contributed by atoms with van der Waals surface area (Å²) >= 11 is 3.09. The van der Waals surface area contributed by atoms with Crippen molar-refractivity contribution >= 4 is 26.9 Å². The maximum absolute atomic E-state index is 12.9. The fraction of sp³-hybridized carbons (Fsp3) is 0.429. The van der Waals surface area contributed by atoms with Crippen molar-refractivity contribution in [3.63, 3.8) is 0 Å². The lowest BCUT2D eigenvalue weighted by Gasteiger charge is -2.26. The molecule has 118 valence electrons. The van der Waals surface area contributed by atoms with E-state index in [2.05, 4.69) is 22.5 Å². The van der Waals surface area contributed by atoms with E-state index >= 15 is 0 Å². The molecule has 0 radical (unpaired) electrons. The lowest BCUT2D eigenvalue weighted by molar-refractivity contribution is -0.137. The molecule has 0 amide bonds. The third-order valence-electron chi connectivity index (χ3n) is 3.22. The minimum absolute atomic E-state index is 0.339. The topological polar surface area (TPSA) is 43.1 Å². The lowest BCUT2D eigenvalue weighted by Crippen LogP contribution is -2.33. The Balaban J connectivity index is 3.21. The highest BCUT2D eigenvalue weighted by Gasteiger charge is 2.33. The average molecular weight is 384 g/mol. The van der Waals surface area contributed by atoms with Crippen LogP contribution in [0.3, 0.4) is 0 Å². The predicted octanol–water partition coefficient (Wildman–Crippen LogP) is 4.53. The summed E-state index contributed by atoms with van der Waals surface area (Å²) in [6.07, 6.45) is -2.53. The van der Waals surface area contributed by atoms with Crippen molar-refractivity contribution in [3.8, 4) is 0 Å². The van der Waals surface area contributed by atoms with E-state index in [0.29, 0.717) is 16.5 Å². The molecule has 1 aromatic carbocycles. The molecule has 0 aliphatic carbocycles. The van der Waals surface area contributed by atoms with Crippen LogP contribution < -0.4 is 5.14 Å². The van der Waals surface area contributed by atoms with Gasteiger partial charge in [-0.25, -0.2) is 4.21 Å². The second-order valence-electron chi connectivity index (χ2n) is 5.37. The van der Waals surface area contributed by atoms with E-state index in [1.54, 1.807) is 26.0 Å².